The number of rotatable bonds is 9. The van der Waals surface area contributed by atoms with Gasteiger partial charge in [-0.15, -0.1) is 0 Å². The van der Waals surface area contributed by atoms with Crippen LogP contribution in [0.4, 0.5) is 0 Å². The van der Waals surface area contributed by atoms with Crippen molar-refractivity contribution in [2.45, 2.75) is 57.8 Å². The van der Waals surface area contributed by atoms with Crippen LogP contribution in [0.5, 0.6) is 0 Å². The zero-order chi connectivity index (χ0) is 15.8. The van der Waals surface area contributed by atoms with Crippen LogP contribution >= 0.6 is 0 Å². The number of hydrogen-bond acceptors (Lipinski definition) is 3. The topological polar surface area (TPSA) is 112 Å². The Balaban J connectivity index is 2.52. The fourth-order valence-corrected chi connectivity index (χ4v) is 3.37. The molecule has 1 saturated carbocycles. The summed E-state index contributed by atoms with van der Waals surface area (Å²) in [7, 11) is 0. The van der Waals surface area contributed by atoms with Crippen molar-refractivity contribution in [2.24, 2.45) is 17.8 Å². The summed E-state index contributed by atoms with van der Waals surface area (Å²) in [6.07, 6.45) is 4.76. The fourth-order valence-electron chi connectivity index (χ4n) is 3.37. The molecule has 3 N–H and O–H groups in total. The lowest BCUT2D eigenvalue weighted by molar-refractivity contribution is -0.139. The highest BCUT2D eigenvalue weighted by molar-refractivity contribution is 5.67. The minimum atomic E-state index is -0.834. The van der Waals surface area contributed by atoms with Crippen molar-refractivity contribution in [3.63, 3.8) is 0 Å². The molecular weight excluding hydrogens is 276 g/mol. The summed E-state index contributed by atoms with van der Waals surface area (Å²) >= 11 is 0. The second-order valence-electron chi connectivity index (χ2n) is 6.00. The smallest absolute Gasteiger partial charge is 0.303 e. The molecule has 0 heterocycles. The lowest BCUT2D eigenvalue weighted by Crippen LogP contribution is -2.26. The van der Waals surface area contributed by atoms with Gasteiger partial charge in [-0.2, -0.15) is 0 Å². The van der Waals surface area contributed by atoms with E-state index in [4.69, 9.17) is 15.3 Å². The van der Waals surface area contributed by atoms with Crippen LogP contribution in [0.25, 0.3) is 0 Å². The zero-order valence-corrected chi connectivity index (χ0v) is 12.2. The summed E-state index contributed by atoms with van der Waals surface area (Å²) in [6.45, 7) is 0. The molecule has 0 radical (unpaired) electrons. The van der Waals surface area contributed by atoms with Crippen molar-refractivity contribution in [1.82, 2.24) is 0 Å². The van der Waals surface area contributed by atoms with E-state index in [9.17, 15) is 14.4 Å². The summed E-state index contributed by atoms with van der Waals surface area (Å²) in [5.74, 6) is -1.68. The highest BCUT2D eigenvalue weighted by atomic mass is 16.4. The molecule has 1 fully saturated rings. The average Bonchev–Trinajstić information content (AvgIpc) is 2.41. The van der Waals surface area contributed by atoms with Crippen LogP contribution in [0, 0.1) is 17.8 Å². The highest BCUT2D eigenvalue weighted by Gasteiger charge is 2.30. The van der Waals surface area contributed by atoms with Gasteiger partial charge in [-0.25, -0.2) is 0 Å². The Hall–Kier alpha value is -1.59. The Kier molecular flexibility index (Phi) is 7.19. The molecular formula is C15H24O6. The molecule has 1 aliphatic rings. The van der Waals surface area contributed by atoms with E-state index in [2.05, 4.69) is 0 Å². The maximum Gasteiger partial charge on any atom is 0.303 e. The van der Waals surface area contributed by atoms with Crippen molar-refractivity contribution in [2.75, 3.05) is 0 Å². The van der Waals surface area contributed by atoms with Gasteiger partial charge in [-0.1, -0.05) is 6.42 Å². The van der Waals surface area contributed by atoms with Gasteiger partial charge in [0.25, 0.3) is 0 Å². The van der Waals surface area contributed by atoms with Crippen molar-refractivity contribution in [3.05, 3.63) is 0 Å². The first-order chi connectivity index (χ1) is 9.88. The maximum atomic E-state index is 10.7. The number of carboxylic acid groups (broad SMARTS) is 3. The van der Waals surface area contributed by atoms with Crippen molar-refractivity contribution >= 4 is 17.9 Å². The van der Waals surface area contributed by atoms with Crippen LogP contribution in [-0.2, 0) is 14.4 Å². The van der Waals surface area contributed by atoms with Gasteiger partial charge in [0.2, 0.25) is 0 Å². The van der Waals surface area contributed by atoms with Crippen LogP contribution in [-0.4, -0.2) is 33.2 Å². The molecule has 6 heteroatoms. The molecule has 0 bridgehead atoms. The predicted molar refractivity (Wildman–Crippen MR) is 74.9 cm³/mol. The van der Waals surface area contributed by atoms with Gasteiger partial charge in [0, 0.05) is 19.3 Å². The van der Waals surface area contributed by atoms with Gasteiger partial charge in [-0.3, -0.25) is 14.4 Å². The molecule has 0 aromatic carbocycles. The van der Waals surface area contributed by atoms with Gasteiger partial charge < -0.3 is 15.3 Å². The Morgan fingerprint density at radius 2 is 1.19 bits per heavy atom. The van der Waals surface area contributed by atoms with E-state index in [1.165, 1.54) is 0 Å². The summed E-state index contributed by atoms with van der Waals surface area (Å²) in [5.41, 5.74) is 0. The molecule has 6 nitrogen and oxygen atoms in total. The van der Waals surface area contributed by atoms with Crippen molar-refractivity contribution < 1.29 is 29.7 Å². The monoisotopic (exact) mass is 300 g/mol. The van der Waals surface area contributed by atoms with E-state index in [1.807, 2.05) is 0 Å². The van der Waals surface area contributed by atoms with Crippen LogP contribution in [0.15, 0.2) is 0 Å². The normalized spacial score (nSPS) is 25.4. The van der Waals surface area contributed by atoms with Gasteiger partial charge in [0.05, 0.1) is 0 Å². The molecule has 21 heavy (non-hydrogen) atoms. The summed E-state index contributed by atoms with van der Waals surface area (Å²) < 4.78 is 0. The number of aliphatic carboxylic acids is 3. The molecule has 0 aromatic heterocycles. The maximum absolute atomic E-state index is 10.7. The third kappa shape index (κ3) is 7.11. The van der Waals surface area contributed by atoms with Crippen molar-refractivity contribution in [3.8, 4) is 0 Å². The van der Waals surface area contributed by atoms with Crippen molar-refractivity contribution in [1.29, 1.82) is 0 Å². The number of carboxylic acids is 3. The fraction of sp³-hybridized carbons (Fsp3) is 0.800. The molecule has 0 aliphatic heterocycles. The average molecular weight is 300 g/mol. The third-order valence-corrected chi connectivity index (χ3v) is 4.47. The van der Waals surface area contributed by atoms with Crippen LogP contribution in [0.2, 0.25) is 0 Å². The van der Waals surface area contributed by atoms with E-state index < -0.39 is 17.9 Å². The highest BCUT2D eigenvalue weighted by Crippen LogP contribution is 2.40. The van der Waals surface area contributed by atoms with E-state index in [0.717, 1.165) is 19.3 Å². The summed E-state index contributed by atoms with van der Waals surface area (Å²) in [4.78, 5) is 32.1. The lowest BCUT2D eigenvalue weighted by Gasteiger charge is -2.36. The van der Waals surface area contributed by atoms with E-state index >= 15 is 0 Å². The zero-order valence-electron chi connectivity index (χ0n) is 12.2. The van der Waals surface area contributed by atoms with Crippen LogP contribution in [0.1, 0.15) is 57.8 Å². The quantitative estimate of drug-likeness (QED) is 0.603. The lowest BCUT2D eigenvalue weighted by atomic mass is 9.69. The molecule has 120 valence electrons. The number of carbonyl (C=O) groups is 3. The minimum absolute atomic E-state index is 0.0971. The summed E-state index contributed by atoms with van der Waals surface area (Å²) in [6, 6.07) is 0. The number of hydrogen-bond donors (Lipinski definition) is 3. The van der Waals surface area contributed by atoms with Crippen LogP contribution < -0.4 is 0 Å². The Labute approximate surface area is 124 Å². The van der Waals surface area contributed by atoms with Gasteiger partial charge in [0.1, 0.15) is 0 Å². The molecule has 3 atom stereocenters. The molecule has 3 unspecified atom stereocenters. The first-order valence-electron chi connectivity index (χ1n) is 7.53. The minimum Gasteiger partial charge on any atom is -0.481 e. The largest absolute Gasteiger partial charge is 0.481 e. The van der Waals surface area contributed by atoms with E-state index in [1.54, 1.807) is 0 Å². The standard InChI is InChI=1S/C15H24O6/c16-13(17)6-2-10-1-3-11(4-7-14(18)19)12(9-10)5-8-15(20)21/h10-12H,1-9H2,(H,16,17)(H,18,19)(H,20,21). The molecule has 1 aliphatic carbocycles. The Morgan fingerprint density at radius 3 is 1.71 bits per heavy atom. The second kappa shape index (κ2) is 8.64. The van der Waals surface area contributed by atoms with Gasteiger partial charge >= 0.3 is 17.9 Å². The molecule has 0 aromatic rings. The molecule has 0 saturated heterocycles. The molecule has 0 amide bonds. The first-order valence-corrected chi connectivity index (χ1v) is 7.53. The van der Waals surface area contributed by atoms with Gasteiger partial charge in [0.15, 0.2) is 0 Å². The SMILES string of the molecule is O=C(O)CCC1CCC(CCC(=O)O)C(CCC(=O)O)C1. The van der Waals surface area contributed by atoms with E-state index in [-0.39, 0.29) is 31.1 Å². The first kappa shape index (κ1) is 17.5. The predicted octanol–water partition coefficient (Wildman–Crippen LogP) is 2.61. The summed E-state index contributed by atoms with van der Waals surface area (Å²) in [5, 5.41) is 26.3. The third-order valence-electron chi connectivity index (χ3n) is 4.47. The molecule has 0 spiro atoms. The molecule has 1 rings (SSSR count). The Bertz CT molecular complexity index is 378. The van der Waals surface area contributed by atoms with Crippen LogP contribution in [0.3, 0.4) is 0 Å². The Morgan fingerprint density at radius 1 is 0.714 bits per heavy atom. The van der Waals surface area contributed by atoms with Gasteiger partial charge in [-0.05, 0) is 49.9 Å². The van der Waals surface area contributed by atoms with E-state index in [0.29, 0.717) is 25.2 Å². The second-order valence-corrected chi connectivity index (χ2v) is 6.00.